The van der Waals surface area contributed by atoms with Gasteiger partial charge in [-0.2, -0.15) is 13.2 Å². The van der Waals surface area contributed by atoms with E-state index in [4.69, 9.17) is 4.74 Å². The molecule has 1 unspecified atom stereocenters. The minimum Gasteiger partial charge on any atom is -0.481 e. The van der Waals surface area contributed by atoms with Gasteiger partial charge in [-0.25, -0.2) is 15.0 Å². The summed E-state index contributed by atoms with van der Waals surface area (Å²) in [5.41, 5.74) is -0.230. The molecule has 3 aromatic heterocycles. The summed E-state index contributed by atoms with van der Waals surface area (Å²) in [5.74, 6) is 0.107. The number of ether oxygens (including phenoxy) is 2. The van der Waals surface area contributed by atoms with Gasteiger partial charge >= 0.3 is 6.18 Å². The Balaban J connectivity index is 1.92. The lowest BCUT2D eigenvalue weighted by Gasteiger charge is -2.40. The normalized spacial score (nSPS) is 14.0. The maximum absolute atomic E-state index is 12.3. The van der Waals surface area contributed by atoms with Gasteiger partial charge in [0.05, 0.1) is 18.4 Å². The quantitative estimate of drug-likeness (QED) is 0.605. The number of alkyl halides is 3. The SMILES string of the molecule is COc1ncncc1C(O)(c1ccc(-c2ccc(OCC(F)(F)F)nc2)cn1)C(C)(C)C. The second-order valence-corrected chi connectivity index (χ2v) is 8.13. The molecule has 0 aliphatic rings. The van der Waals surface area contributed by atoms with Gasteiger partial charge in [0.1, 0.15) is 11.9 Å². The van der Waals surface area contributed by atoms with Gasteiger partial charge in [-0.3, -0.25) is 4.98 Å². The van der Waals surface area contributed by atoms with Crippen molar-refractivity contribution in [3.8, 4) is 22.9 Å². The van der Waals surface area contributed by atoms with Crippen LogP contribution in [0.4, 0.5) is 13.2 Å². The molecule has 0 radical (unpaired) electrons. The third kappa shape index (κ3) is 4.80. The zero-order valence-corrected chi connectivity index (χ0v) is 18.0. The summed E-state index contributed by atoms with van der Waals surface area (Å²) in [4.78, 5) is 16.5. The molecule has 0 aromatic carbocycles. The smallest absolute Gasteiger partial charge is 0.422 e. The molecule has 170 valence electrons. The Kier molecular flexibility index (Phi) is 6.36. The summed E-state index contributed by atoms with van der Waals surface area (Å²) in [6, 6.07) is 6.34. The molecule has 3 rings (SSSR count). The molecule has 0 amide bonds. The van der Waals surface area contributed by atoms with Crippen LogP contribution in [-0.4, -0.2) is 44.9 Å². The molecular formula is C22H23F3N4O3. The van der Waals surface area contributed by atoms with Crippen molar-refractivity contribution < 1.29 is 27.8 Å². The molecule has 10 heteroatoms. The summed E-state index contributed by atoms with van der Waals surface area (Å²) in [5, 5.41) is 11.8. The molecule has 1 N–H and O–H groups in total. The van der Waals surface area contributed by atoms with Gasteiger partial charge in [0.15, 0.2) is 6.61 Å². The van der Waals surface area contributed by atoms with Crippen LogP contribution in [0.25, 0.3) is 11.1 Å². The topological polar surface area (TPSA) is 90.3 Å². The van der Waals surface area contributed by atoms with Crippen molar-refractivity contribution in [2.45, 2.75) is 32.5 Å². The Morgan fingerprint density at radius 2 is 1.56 bits per heavy atom. The van der Waals surface area contributed by atoms with E-state index in [-0.39, 0.29) is 11.8 Å². The molecule has 3 aromatic rings. The molecule has 32 heavy (non-hydrogen) atoms. The van der Waals surface area contributed by atoms with Crippen LogP contribution in [-0.2, 0) is 5.60 Å². The van der Waals surface area contributed by atoms with Crippen molar-refractivity contribution in [2.24, 2.45) is 5.41 Å². The fourth-order valence-corrected chi connectivity index (χ4v) is 3.23. The molecule has 7 nitrogen and oxygen atoms in total. The number of aliphatic hydroxyl groups is 1. The first-order chi connectivity index (χ1) is 15.0. The first-order valence-electron chi connectivity index (χ1n) is 9.65. The number of hydrogen-bond acceptors (Lipinski definition) is 7. The number of halogens is 3. The Labute approximate surface area is 183 Å². The van der Waals surface area contributed by atoms with Crippen molar-refractivity contribution in [1.82, 2.24) is 19.9 Å². The molecule has 0 saturated carbocycles. The number of aromatic nitrogens is 4. The van der Waals surface area contributed by atoms with Crippen LogP contribution in [0.2, 0.25) is 0 Å². The summed E-state index contributed by atoms with van der Waals surface area (Å²) in [6.45, 7) is 4.17. The average Bonchev–Trinajstić information content (AvgIpc) is 2.76. The van der Waals surface area contributed by atoms with Crippen LogP contribution in [0.1, 0.15) is 32.0 Å². The Bertz CT molecular complexity index is 1050. The number of methoxy groups -OCH3 is 1. The standard InChI is InChI=1S/C22H23F3N4O3/c1-20(2,3)22(30,16-11-26-13-29-19(16)31-4)17-7-5-14(9-27-17)15-6-8-18(28-10-15)32-12-21(23,24)25/h5-11,13,30H,12H2,1-4H3. The third-order valence-corrected chi connectivity index (χ3v) is 4.93. The molecule has 0 aliphatic heterocycles. The molecule has 0 saturated heterocycles. The summed E-state index contributed by atoms with van der Waals surface area (Å²) >= 11 is 0. The van der Waals surface area contributed by atoms with Crippen LogP contribution in [0, 0.1) is 5.41 Å². The van der Waals surface area contributed by atoms with E-state index in [9.17, 15) is 18.3 Å². The first-order valence-corrected chi connectivity index (χ1v) is 9.65. The average molecular weight is 448 g/mol. The van der Waals surface area contributed by atoms with E-state index in [0.717, 1.165) is 0 Å². The fourth-order valence-electron chi connectivity index (χ4n) is 3.23. The molecule has 0 aliphatic carbocycles. The van der Waals surface area contributed by atoms with Gasteiger partial charge in [0, 0.05) is 41.2 Å². The number of rotatable bonds is 6. The lowest BCUT2D eigenvalue weighted by atomic mass is 9.70. The lowest BCUT2D eigenvalue weighted by Crippen LogP contribution is -2.42. The molecule has 3 heterocycles. The van der Waals surface area contributed by atoms with Gasteiger partial charge in [-0.15, -0.1) is 0 Å². The number of hydrogen-bond donors (Lipinski definition) is 1. The molecule has 1 atom stereocenters. The van der Waals surface area contributed by atoms with Crippen molar-refractivity contribution in [1.29, 1.82) is 0 Å². The minimum atomic E-state index is -4.43. The molecule has 0 fully saturated rings. The van der Waals surface area contributed by atoms with Crippen molar-refractivity contribution in [3.05, 3.63) is 60.4 Å². The van der Waals surface area contributed by atoms with Gasteiger partial charge in [-0.05, 0) is 12.1 Å². The highest BCUT2D eigenvalue weighted by atomic mass is 19.4. The van der Waals surface area contributed by atoms with E-state index in [1.807, 2.05) is 20.8 Å². The maximum atomic E-state index is 12.3. The lowest BCUT2D eigenvalue weighted by molar-refractivity contribution is -0.154. The van der Waals surface area contributed by atoms with E-state index in [1.165, 1.54) is 31.9 Å². The van der Waals surface area contributed by atoms with Gasteiger partial charge in [-0.1, -0.05) is 26.8 Å². The summed E-state index contributed by atoms with van der Waals surface area (Å²) in [7, 11) is 1.46. The zero-order valence-electron chi connectivity index (χ0n) is 18.0. The van der Waals surface area contributed by atoms with Gasteiger partial charge in [0.2, 0.25) is 11.8 Å². The van der Waals surface area contributed by atoms with Gasteiger partial charge in [0.25, 0.3) is 0 Å². The Morgan fingerprint density at radius 1 is 0.906 bits per heavy atom. The first kappa shape index (κ1) is 23.4. The van der Waals surface area contributed by atoms with Crippen LogP contribution >= 0.6 is 0 Å². The monoisotopic (exact) mass is 448 g/mol. The highest BCUT2D eigenvalue weighted by molar-refractivity contribution is 5.62. The summed E-state index contributed by atoms with van der Waals surface area (Å²) < 4.78 is 46.8. The van der Waals surface area contributed by atoms with E-state index in [2.05, 4.69) is 24.7 Å². The zero-order chi connectivity index (χ0) is 23.6. The van der Waals surface area contributed by atoms with Gasteiger partial charge < -0.3 is 14.6 Å². The van der Waals surface area contributed by atoms with Crippen molar-refractivity contribution >= 4 is 0 Å². The van der Waals surface area contributed by atoms with Crippen LogP contribution in [0.3, 0.4) is 0 Å². The minimum absolute atomic E-state index is 0.131. The molecule has 0 spiro atoms. The van der Waals surface area contributed by atoms with Crippen molar-refractivity contribution in [2.75, 3.05) is 13.7 Å². The highest BCUT2D eigenvalue weighted by Gasteiger charge is 2.47. The van der Waals surface area contributed by atoms with Crippen LogP contribution in [0.5, 0.6) is 11.8 Å². The highest BCUT2D eigenvalue weighted by Crippen LogP contribution is 2.46. The van der Waals surface area contributed by atoms with E-state index < -0.39 is 23.8 Å². The molecule has 0 bridgehead atoms. The Hall–Kier alpha value is -3.27. The largest absolute Gasteiger partial charge is 0.481 e. The number of nitrogens with zero attached hydrogens (tertiary/aromatic N) is 4. The molecular weight excluding hydrogens is 425 g/mol. The predicted molar refractivity (Wildman–Crippen MR) is 110 cm³/mol. The maximum Gasteiger partial charge on any atom is 0.422 e. The van der Waals surface area contributed by atoms with E-state index >= 15 is 0 Å². The fraction of sp³-hybridized carbons (Fsp3) is 0.364. The van der Waals surface area contributed by atoms with E-state index in [1.54, 1.807) is 24.4 Å². The third-order valence-electron chi connectivity index (χ3n) is 4.93. The second kappa shape index (κ2) is 8.70. The van der Waals surface area contributed by atoms with Crippen LogP contribution in [0.15, 0.2) is 49.2 Å². The number of pyridine rings is 2. The van der Waals surface area contributed by atoms with E-state index in [0.29, 0.717) is 22.4 Å². The summed E-state index contributed by atoms with van der Waals surface area (Å²) in [6.07, 6.45) is 1.34. The second-order valence-electron chi connectivity index (χ2n) is 8.13. The van der Waals surface area contributed by atoms with Crippen molar-refractivity contribution in [3.63, 3.8) is 0 Å². The predicted octanol–water partition coefficient (Wildman–Crippen LogP) is 4.17. The Morgan fingerprint density at radius 3 is 2.06 bits per heavy atom. The van der Waals surface area contributed by atoms with Crippen LogP contribution < -0.4 is 9.47 Å².